The van der Waals surface area contributed by atoms with Gasteiger partial charge in [-0.05, 0) is 30.5 Å². The summed E-state index contributed by atoms with van der Waals surface area (Å²) in [6.45, 7) is 4.14. The lowest BCUT2D eigenvalue weighted by atomic mass is 9.89. The molecule has 0 aliphatic carbocycles. The molecule has 0 saturated carbocycles. The highest BCUT2D eigenvalue weighted by Crippen LogP contribution is 2.26. The Morgan fingerprint density at radius 3 is 2.29 bits per heavy atom. The second-order valence-corrected chi connectivity index (χ2v) is 4.33. The van der Waals surface area contributed by atoms with Gasteiger partial charge in [0.25, 0.3) is 0 Å². The Labute approximate surface area is 102 Å². The van der Waals surface area contributed by atoms with E-state index in [-0.39, 0.29) is 5.92 Å². The molecule has 1 heteroatoms. The van der Waals surface area contributed by atoms with Gasteiger partial charge in [-0.25, -0.2) is 0 Å². The minimum atomic E-state index is -0.170. The van der Waals surface area contributed by atoms with E-state index in [0.29, 0.717) is 0 Å². The van der Waals surface area contributed by atoms with Crippen LogP contribution in [0.15, 0.2) is 48.5 Å². The number of rotatable bonds is 2. The number of hydrogen-bond acceptors (Lipinski definition) is 1. The van der Waals surface area contributed by atoms with E-state index in [1.54, 1.807) is 0 Å². The lowest BCUT2D eigenvalue weighted by molar-refractivity contribution is 1.02. The van der Waals surface area contributed by atoms with Crippen molar-refractivity contribution in [1.82, 2.24) is 0 Å². The average molecular weight is 221 g/mol. The zero-order chi connectivity index (χ0) is 12.3. The van der Waals surface area contributed by atoms with Gasteiger partial charge in [-0.15, -0.1) is 0 Å². The maximum absolute atomic E-state index is 9.38. The molecule has 2 aromatic carbocycles. The van der Waals surface area contributed by atoms with Crippen LogP contribution in [0.25, 0.3) is 0 Å². The maximum atomic E-state index is 9.38. The Morgan fingerprint density at radius 1 is 1.00 bits per heavy atom. The van der Waals surface area contributed by atoms with Gasteiger partial charge in [0.05, 0.1) is 12.0 Å². The molecular weight excluding hydrogens is 206 g/mol. The molecule has 0 bridgehead atoms. The highest BCUT2D eigenvalue weighted by Gasteiger charge is 2.14. The number of aryl methyl sites for hydroxylation is 2. The van der Waals surface area contributed by atoms with Crippen LogP contribution in [0.5, 0.6) is 0 Å². The lowest BCUT2D eigenvalue weighted by Gasteiger charge is -2.13. The van der Waals surface area contributed by atoms with Crippen LogP contribution in [0.1, 0.15) is 28.2 Å². The summed E-state index contributed by atoms with van der Waals surface area (Å²) in [5.74, 6) is -0.170. The predicted molar refractivity (Wildman–Crippen MR) is 69.8 cm³/mol. The summed E-state index contributed by atoms with van der Waals surface area (Å²) in [7, 11) is 0. The molecule has 17 heavy (non-hydrogen) atoms. The quantitative estimate of drug-likeness (QED) is 0.753. The largest absolute Gasteiger partial charge is 0.197 e. The fourth-order valence-corrected chi connectivity index (χ4v) is 2.12. The molecular formula is C16H15N. The minimum Gasteiger partial charge on any atom is -0.197 e. The maximum Gasteiger partial charge on any atom is 0.0965 e. The second-order valence-electron chi connectivity index (χ2n) is 4.33. The van der Waals surface area contributed by atoms with Crippen LogP contribution in [0.2, 0.25) is 0 Å². The van der Waals surface area contributed by atoms with Gasteiger partial charge in [0.2, 0.25) is 0 Å². The highest BCUT2D eigenvalue weighted by atomic mass is 14.3. The van der Waals surface area contributed by atoms with Crippen molar-refractivity contribution < 1.29 is 0 Å². The van der Waals surface area contributed by atoms with Gasteiger partial charge in [-0.1, -0.05) is 54.1 Å². The summed E-state index contributed by atoms with van der Waals surface area (Å²) in [4.78, 5) is 0. The monoisotopic (exact) mass is 221 g/mol. The fraction of sp³-hybridized carbons (Fsp3) is 0.188. The summed E-state index contributed by atoms with van der Waals surface area (Å²) in [5, 5.41) is 9.38. The first-order valence-corrected chi connectivity index (χ1v) is 5.74. The summed E-state index contributed by atoms with van der Waals surface area (Å²) >= 11 is 0. The van der Waals surface area contributed by atoms with Crippen LogP contribution in [-0.2, 0) is 0 Å². The van der Waals surface area contributed by atoms with Gasteiger partial charge in [-0.2, -0.15) is 5.26 Å². The van der Waals surface area contributed by atoms with Crippen molar-refractivity contribution in [1.29, 1.82) is 5.26 Å². The summed E-state index contributed by atoms with van der Waals surface area (Å²) in [5.41, 5.74) is 4.57. The van der Waals surface area contributed by atoms with Gasteiger partial charge >= 0.3 is 0 Å². The first-order valence-electron chi connectivity index (χ1n) is 5.74. The summed E-state index contributed by atoms with van der Waals surface area (Å²) in [6.07, 6.45) is 0. The zero-order valence-electron chi connectivity index (χ0n) is 10.1. The number of nitriles is 1. The topological polar surface area (TPSA) is 23.8 Å². The van der Waals surface area contributed by atoms with E-state index in [4.69, 9.17) is 0 Å². The third kappa shape index (κ3) is 2.37. The second kappa shape index (κ2) is 4.84. The summed E-state index contributed by atoms with van der Waals surface area (Å²) in [6, 6.07) is 18.6. The molecule has 2 rings (SSSR count). The van der Waals surface area contributed by atoms with Crippen molar-refractivity contribution in [3.05, 3.63) is 70.8 Å². The van der Waals surface area contributed by atoms with E-state index in [2.05, 4.69) is 38.1 Å². The third-order valence-electron chi connectivity index (χ3n) is 3.00. The molecule has 2 aromatic rings. The van der Waals surface area contributed by atoms with Crippen molar-refractivity contribution in [2.45, 2.75) is 19.8 Å². The lowest BCUT2D eigenvalue weighted by Crippen LogP contribution is -2.00. The molecule has 0 aliphatic heterocycles. The van der Waals surface area contributed by atoms with E-state index in [1.807, 2.05) is 30.3 Å². The molecule has 0 fully saturated rings. The van der Waals surface area contributed by atoms with Crippen molar-refractivity contribution in [3.63, 3.8) is 0 Å². The van der Waals surface area contributed by atoms with Crippen LogP contribution in [0.4, 0.5) is 0 Å². The number of nitrogens with zero attached hydrogens (tertiary/aromatic N) is 1. The van der Waals surface area contributed by atoms with Crippen LogP contribution in [0.3, 0.4) is 0 Å². The first kappa shape index (κ1) is 11.4. The molecule has 0 heterocycles. The Morgan fingerprint density at radius 2 is 1.71 bits per heavy atom. The molecule has 1 atom stereocenters. The van der Waals surface area contributed by atoms with Crippen LogP contribution in [-0.4, -0.2) is 0 Å². The standard InChI is InChI=1S/C16H15N/c1-12-8-9-15(13(2)10-12)16(11-17)14-6-4-3-5-7-14/h3-10,16H,1-2H3. The van der Waals surface area contributed by atoms with Crippen molar-refractivity contribution in [2.24, 2.45) is 0 Å². The minimum absolute atomic E-state index is 0.170. The van der Waals surface area contributed by atoms with Crippen LogP contribution in [0, 0.1) is 25.2 Å². The van der Waals surface area contributed by atoms with Gasteiger partial charge in [0.1, 0.15) is 0 Å². The van der Waals surface area contributed by atoms with E-state index < -0.39 is 0 Å². The number of hydrogen-bond donors (Lipinski definition) is 0. The summed E-state index contributed by atoms with van der Waals surface area (Å²) < 4.78 is 0. The molecule has 0 aliphatic rings. The van der Waals surface area contributed by atoms with Gasteiger partial charge < -0.3 is 0 Å². The van der Waals surface area contributed by atoms with E-state index >= 15 is 0 Å². The molecule has 0 saturated heterocycles. The van der Waals surface area contributed by atoms with E-state index in [0.717, 1.165) is 11.1 Å². The van der Waals surface area contributed by atoms with Gasteiger partial charge in [-0.3, -0.25) is 0 Å². The van der Waals surface area contributed by atoms with Gasteiger partial charge in [0.15, 0.2) is 0 Å². The molecule has 1 nitrogen and oxygen atoms in total. The molecule has 0 N–H and O–H groups in total. The zero-order valence-corrected chi connectivity index (χ0v) is 10.1. The molecule has 0 amide bonds. The Kier molecular flexibility index (Phi) is 3.25. The van der Waals surface area contributed by atoms with Crippen molar-refractivity contribution >= 4 is 0 Å². The van der Waals surface area contributed by atoms with Gasteiger partial charge in [0, 0.05) is 0 Å². The molecule has 84 valence electrons. The number of benzene rings is 2. The third-order valence-corrected chi connectivity index (χ3v) is 3.00. The molecule has 0 spiro atoms. The van der Waals surface area contributed by atoms with Crippen LogP contribution >= 0.6 is 0 Å². The van der Waals surface area contributed by atoms with Crippen LogP contribution < -0.4 is 0 Å². The molecule has 0 aromatic heterocycles. The van der Waals surface area contributed by atoms with E-state index in [1.165, 1.54) is 11.1 Å². The van der Waals surface area contributed by atoms with Crippen molar-refractivity contribution in [2.75, 3.05) is 0 Å². The first-order chi connectivity index (χ1) is 8.22. The molecule has 1 unspecified atom stereocenters. The Balaban J connectivity index is 2.47. The average Bonchev–Trinajstić information content (AvgIpc) is 2.34. The highest BCUT2D eigenvalue weighted by molar-refractivity contribution is 5.43. The van der Waals surface area contributed by atoms with Crippen molar-refractivity contribution in [3.8, 4) is 6.07 Å². The SMILES string of the molecule is Cc1ccc(C(C#N)c2ccccc2)c(C)c1. The normalized spacial score (nSPS) is 11.8. The Hall–Kier alpha value is -2.07. The Bertz CT molecular complexity index is 549. The fourth-order valence-electron chi connectivity index (χ4n) is 2.12. The van der Waals surface area contributed by atoms with E-state index in [9.17, 15) is 5.26 Å². The smallest absolute Gasteiger partial charge is 0.0965 e. The molecule has 0 radical (unpaired) electrons. The predicted octanol–water partition coefficient (Wildman–Crippen LogP) is 3.96.